The maximum absolute atomic E-state index is 10.7. The van der Waals surface area contributed by atoms with Crippen LogP contribution in [-0.4, -0.2) is 22.6 Å². The van der Waals surface area contributed by atoms with E-state index in [1.807, 2.05) is 6.92 Å². The van der Waals surface area contributed by atoms with E-state index in [1.54, 1.807) is 17.1 Å². The predicted molar refractivity (Wildman–Crippen MR) is 39.0 cm³/mol. The van der Waals surface area contributed by atoms with Gasteiger partial charge in [0, 0.05) is 6.20 Å². The molecule has 11 heavy (non-hydrogen) atoms. The molecule has 0 atom stereocenters. The summed E-state index contributed by atoms with van der Waals surface area (Å²) < 4.78 is 6.16. The molecule has 0 spiro atoms. The van der Waals surface area contributed by atoms with Gasteiger partial charge in [-0.05, 0) is 6.92 Å². The molecule has 0 aliphatic carbocycles. The van der Waals surface area contributed by atoms with Crippen LogP contribution in [0.25, 0.3) is 0 Å². The highest BCUT2D eigenvalue weighted by Crippen LogP contribution is 1.93. The van der Waals surface area contributed by atoms with Crippen molar-refractivity contribution in [3.05, 3.63) is 18.2 Å². The number of ether oxygens (including phenoxy) is 1. The van der Waals surface area contributed by atoms with Crippen molar-refractivity contribution in [2.45, 2.75) is 13.5 Å². The molecule has 0 aliphatic rings. The quantitative estimate of drug-likeness (QED) is 0.578. The Kier molecular flexibility index (Phi) is 2.25. The standard InChI is InChI=1S/C7H10N2O2/c1-6-3-9(5-8-6)4-7(10)11-2/h3,5H,4H2,1-2H3. The number of carbonyl (C=O) groups is 1. The fraction of sp³-hybridized carbons (Fsp3) is 0.429. The number of imidazole rings is 1. The van der Waals surface area contributed by atoms with Crippen molar-refractivity contribution < 1.29 is 9.53 Å². The van der Waals surface area contributed by atoms with Crippen molar-refractivity contribution in [3.63, 3.8) is 0 Å². The molecule has 0 fully saturated rings. The number of carbonyl (C=O) groups excluding carboxylic acids is 1. The van der Waals surface area contributed by atoms with E-state index in [1.165, 1.54) is 7.11 Å². The largest absolute Gasteiger partial charge is 0.468 e. The highest BCUT2D eigenvalue weighted by Gasteiger charge is 2.00. The molecular formula is C7H10N2O2. The second kappa shape index (κ2) is 3.18. The van der Waals surface area contributed by atoms with Crippen LogP contribution in [0.1, 0.15) is 5.69 Å². The molecule has 4 nitrogen and oxygen atoms in total. The zero-order valence-electron chi connectivity index (χ0n) is 6.57. The van der Waals surface area contributed by atoms with E-state index >= 15 is 0 Å². The summed E-state index contributed by atoms with van der Waals surface area (Å²) in [4.78, 5) is 14.7. The molecule has 0 bridgehead atoms. The zero-order chi connectivity index (χ0) is 8.27. The van der Waals surface area contributed by atoms with Crippen molar-refractivity contribution >= 4 is 5.97 Å². The van der Waals surface area contributed by atoms with Crippen LogP contribution in [0, 0.1) is 6.92 Å². The number of esters is 1. The van der Waals surface area contributed by atoms with E-state index in [4.69, 9.17) is 0 Å². The maximum atomic E-state index is 10.7. The van der Waals surface area contributed by atoms with Crippen LogP contribution in [0.15, 0.2) is 12.5 Å². The molecule has 1 aromatic rings. The summed E-state index contributed by atoms with van der Waals surface area (Å²) in [6.07, 6.45) is 3.39. The van der Waals surface area contributed by atoms with E-state index in [-0.39, 0.29) is 12.5 Å². The van der Waals surface area contributed by atoms with Gasteiger partial charge >= 0.3 is 5.97 Å². The van der Waals surface area contributed by atoms with Gasteiger partial charge in [-0.3, -0.25) is 4.79 Å². The lowest BCUT2D eigenvalue weighted by Crippen LogP contribution is -2.09. The van der Waals surface area contributed by atoms with Gasteiger partial charge in [-0.1, -0.05) is 0 Å². The number of nitrogens with zero attached hydrogens (tertiary/aromatic N) is 2. The monoisotopic (exact) mass is 154 g/mol. The lowest BCUT2D eigenvalue weighted by atomic mass is 10.5. The SMILES string of the molecule is COC(=O)Cn1cnc(C)c1. The van der Waals surface area contributed by atoms with Crippen LogP contribution in [-0.2, 0) is 16.1 Å². The minimum absolute atomic E-state index is 0.233. The molecule has 0 amide bonds. The van der Waals surface area contributed by atoms with Gasteiger partial charge in [-0.15, -0.1) is 0 Å². The second-order valence-corrected chi connectivity index (χ2v) is 2.26. The molecule has 4 heteroatoms. The summed E-state index contributed by atoms with van der Waals surface area (Å²) in [6, 6.07) is 0. The number of hydrogen-bond acceptors (Lipinski definition) is 3. The predicted octanol–water partition coefficient (Wildman–Crippen LogP) is 0.365. The molecular weight excluding hydrogens is 144 g/mol. The number of aryl methyl sites for hydroxylation is 1. The van der Waals surface area contributed by atoms with Gasteiger partial charge < -0.3 is 9.30 Å². The molecule has 0 aromatic carbocycles. The van der Waals surface area contributed by atoms with Crippen LogP contribution >= 0.6 is 0 Å². The normalized spacial score (nSPS) is 9.64. The first-order chi connectivity index (χ1) is 5.22. The highest BCUT2D eigenvalue weighted by molar-refractivity contribution is 5.68. The minimum atomic E-state index is -0.262. The second-order valence-electron chi connectivity index (χ2n) is 2.26. The third-order valence-electron chi connectivity index (χ3n) is 1.30. The molecule has 0 saturated heterocycles. The zero-order valence-corrected chi connectivity index (χ0v) is 6.57. The number of aromatic nitrogens is 2. The lowest BCUT2D eigenvalue weighted by Gasteiger charge is -1.97. The Morgan fingerprint density at radius 1 is 1.82 bits per heavy atom. The van der Waals surface area contributed by atoms with Crippen LogP contribution in [0.2, 0.25) is 0 Å². The fourth-order valence-corrected chi connectivity index (χ4v) is 0.772. The number of hydrogen-bond donors (Lipinski definition) is 0. The first kappa shape index (κ1) is 7.78. The van der Waals surface area contributed by atoms with E-state index in [0.29, 0.717) is 0 Å². The van der Waals surface area contributed by atoms with Crippen LogP contribution < -0.4 is 0 Å². The van der Waals surface area contributed by atoms with Crippen molar-refractivity contribution in [2.75, 3.05) is 7.11 Å². The average Bonchev–Trinajstić information content (AvgIpc) is 2.35. The van der Waals surface area contributed by atoms with Crippen molar-refractivity contribution in [2.24, 2.45) is 0 Å². The fourth-order valence-electron chi connectivity index (χ4n) is 0.772. The van der Waals surface area contributed by atoms with Crippen LogP contribution in [0.5, 0.6) is 0 Å². The Balaban J connectivity index is 2.57. The van der Waals surface area contributed by atoms with Gasteiger partial charge in [-0.25, -0.2) is 4.98 Å². The molecule has 1 aromatic heterocycles. The molecule has 0 N–H and O–H groups in total. The molecule has 0 saturated carbocycles. The first-order valence-electron chi connectivity index (χ1n) is 3.27. The smallest absolute Gasteiger partial charge is 0.325 e. The molecule has 0 aliphatic heterocycles. The van der Waals surface area contributed by atoms with Gasteiger partial charge in [0.25, 0.3) is 0 Å². The Labute approximate surface area is 64.8 Å². The Morgan fingerprint density at radius 2 is 2.55 bits per heavy atom. The van der Waals surface area contributed by atoms with E-state index in [0.717, 1.165) is 5.69 Å². The van der Waals surface area contributed by atoms with Crippen molar-refractivity contribution in [3.8, 4) is 0 Å². The Hall–Kier alpha value is -1.32. The summed E-state index contributed by atoms with van der Waals surface area (Å²) in [7, 11) is 1.37. The summed E-state index contributed by atoms with van der Waals surface area (Å²) in [5, 5.41) is 0. The average molecular weight is 154 g/mol. The molecule has 0 radical (unpaired) electrons. The van der Waals surface area contributed by atoms with Crippen LogP contribution in [0.3, 0.4) is 0 Å². The maximum Gasteiger partial charge on any atom is 0.325 e. The minimum Gasteiger partial charge on any atom is -0.468 e. The summed E-state index contributed by atoms with van der Waals surface area (Å²) in [5.74, 6) is -0.262. The highest BCUT2D eigenvalue weighted by atomic mass is 16.5. The van der Waals surface area contributed by atoms with E-state index in [9.17, 15) is 4.79 Å². The van der Waals surface area contributed by atoms with Gasteiger partial charge in [0.2, 0.25) is 0 Å². The number of rotatable bonds is 2. The number of methoxy groups -OCH3 is 1. The molecule has 0 unspecified atom stereocenters. The topological polar surface area (TPSA) is 44.1 Å². The third kappa shape index (κ3) is 2.07. The van der Waals surface area contributed by atoms with Crippen molar-refractivity contribution in [1.29, 1.82) is 0 Å². The summed E-state index contributed by atoms with van der Waals surface area (Å²) >= 11 is 0. The Bertz CT molecular complexity index is 255. The molecule has 60 valence electrons. The molecule has 1 heterocycles. The third-order valence-corrected chi connectivity index (χ3v) is 1.30. The van der Waals surface area contributed by atoms with Gasteiger partial charge in [0.1, 0.15) is 6.54 Å². The lowest BCUT2D eigenvalue weighted by molar-refractivity contribution is -0.141. The van der Waals surface area contributed by atoms with Gasteiger partial charge in [-0.2, -0.15) is 0 Å². The van der Waals surface area contributed by atoms with Gasteiger partial charge in [0.15, 0.2) is 0 Å². The Morgan fingerprint density at radius 3 is 3.00 bits per heavy atom. The van der Waals surface area contributed by atoms with Gasteiger partial charge in [0.05, 0.1) is 19.1 Å². The van der Waals surface area contributed by atoms with Crippen LogP contribution in [0.4, 0.5) is 0 Å². The van der Waals surface area contributed by atoms with E-state index < -0.39 is 0 Å². The van der Waals surface area contributed by atoms with E-state index in [2.05, 4.69) is 9.72 Å². The summed E-state index contributed by atoms with van der Waals surface area (Å²) in [6.45, 7) is 2.10. The summed E-state index contributed by atoms with van der Waals surface area (Å²) in [5.41, 5.74) is 0.897. The molecule has 1 rings (SSSR count). The first-order valence-corrected chi connectivity index (χ1v) is 3.27. The van der Waals surface area contributed by atoms with Crippen molar-refractivity contribution in [1.82, 2.24) is 9.55 Å².